The first kappa shape index (κ1) is 14.3. The molecule has 112 valence electrons. The number of pyridine rings is 1. The minimum Gasteiger partial charge on any atom is -0.397 e. The lowest BCUT2D eigenvalue weighted by atomic mass is 9.98. The number of carbonyl (C=O) groups is 1. The van der Waals surface area contributed by atoms with E-state index in [1.54, 1.807) is 6.20 Å². The molecular weight excluding hydrogens is 282 g/mol. The summed E-state index contributed by atoms with van der Waals surface area (Å²) in [5.74, 6) is 0.0913. The van der Waals surface area contributed by atoms with Crippen LogP contribution >= 0.6 is 11.3 Å². The van der Waals surface area contributed by atoms with E-state index in [0.29, 0.717) is 16.6 Å². The lowest BCUT2D eigenvalue weighted by Gasteiger charge is -2.35. The van der Waals surface area contributed by atoms with Crippen molar-refractivity contribution in [2.45, 2.75) is 45.1 Å². The number of nitrogens with two attached hydrogens (primary N) is 1. The average molecular weight is 303 g/mol. The van der Waals surface area contributed by atoms with Crippen LogP contribution in [0.2, 0.25) is 0 Å². The van der Waals surface area contributed by atoms with E-state index in [1.165, 1.54) is 17.8 Å². The second-order valence-corrected chi connectivity index (χ2v) is 6.64. The summed E-state index contributed by atoms with van der Waals surface area (Å²) in [6.45, 7) is 3.03. The normalized spacial score (nSPS) is 19.1. The Morgan fingerprint density at radius 3 is 3.14 bits per heavy atom. The molecule has 2 aromatic heterocycles. The molecule has 2 N–H and O–H groups in total. The van der Waals surface area contributed by atoms with Gasteiger partial charge in [0.1, 0.15) is 9.71 Å². The van der Waals surface area contributed by atoms with E-state index >= 15 is 0 Å². The summed E-state index contributed by atoms with van der Waals surface area (Å²) in [5.41, 5.74) is 6.78. The van der Waals surface area contributed by atoms with Crippen LogP contribution in [-0.4, -0.2) is 28.4 Å². The van der Waals surface area contributed by atoms with Crippen LogP contribution in [0, 0.1) is 0 Å². The summed E-state index contributed by atoms with van der Waals surface area (Å²) < 4.78 is 0. The molecule has 3 rings (SSSR count). The van der Waals surface area contributed by atoms with Gasteiger partial charge in [0.05, 0.1) is 5.69 Å². The zero-order valence-electron chi connectivity index (χ0n) is 12.3. The van der Waals surface area contributed by atoms with Gasteiger partial charge in [0.15, 0.2) is 0 Å². The molecule has 1 aliphatic rings. The quantitative estimate of drug-likeness (QED) is 0.941. The molecule has 5 heteroatoms. The van der Waals surface area contributed by atoms with Gasteiger partial charge < -0.3 is 10.6 Å². The van der Waals surface area contributed by atoms with Crippen LogP contribution < -0.4 is 5.73 Å². The standard InChI is InChI=1S/C16H21N3OS/c1-2-6-11-7-3-4-10-19(11)16(20)14-13(17)12-8-5-9-18-15(12)21-14/h5,8-9,11H,2-4,6-7,10,17H2,1H3. The van der Waals surface area contributed by atoms with E-state index in [1.807, 2.05) is 17.0 Å². The highest BCUT2D eigenvalue weighted by molar-refractivity contribution is 7.21. The Kier molecular flexibility index (Phi) is 4.10. The Bertz CT molecular complexity index is 650. The molecule has 1 atom stereocenters. The Labute approximate surface area is 129 Å². The fourth-order valence-corrected chi connectivity index (χ4v) is 4.16. The van der Waals surface area contributed by atoms with Crippen LogP contribution in [0.25, 0.3) is 10.2 Å². The summed E-state index contributed by atoms with van der Waals surface area (Å²) in [6.07, 6.45) is 7.36. The molecule has 0 aliphatic carbocycles. The molecule has 1 fully saturated rings. The predicted octanol–water partition coefficient (Wildman–Crippen LogP) is 3.67. The average Bonchev–Trinajstić information content (AvgIpc) is 2.85. The molecule has 1 unspecified atom stereocenters. The fourth-order valence-electron chi connectivity index (χ4n) is 3.14. The summed E-state index contributed by atoms with van der Waals surface area (Å²) in [7, 11) is 0. The van der Waals surface area contributed by atoms with Gasteiger partial charge in [0.2, 0.25) is 0 Å². The number of hydrogen-bond acceptors (Lipinski definition) is 4. The van der Waals surface area contributed by atoms with Crippen molar-refractivity contribution >= 4 is 33.1 Å². The first-order valence-electron chi connectivity index (χ1n) is 7.66. The van der Waals surface area contributed by atoms with Crippen molar-refractivity contribution in [3.8, 4) is 0 Å². The van der Waals surface area contributed by atoms with Gasteiger partial charge in [-0.25, -0.2) is 4.98 Å². The summed E-state index contributed by atoms with van der Waals surface area (Å²) in [6, 6.07) is 4.17. The molecule has 0 aromatic carbocycles. The highest BCUT2D eigenvalue weighted by Crippen LogP contribution is 2.34. The number of anilines is 1. The van der Waals surface area contributed by atoms with Crippen molar-refractivity contribution in [1.82, 2.24) is 9.88 Å². The summed E-state index contributed by atoms with van der Waals surface area (Å²) >= 11 is 1.42. The monoisotopic (exact) mass is 303 g/mol. The second-order valence-electron chi connectivity index (χ2n) is 5.64. The molecule has 0 saturated carbocycles. The number of rotatable bonds is 3. The number of fused-ring (bicyclic) bond motifs is 1. The van der Waals surface area contributed by atoms with Gasteiger partial charge in [-0.3, -0.25) is 4.79 Å². The van der Waals surface area contributed by atoms with Crippen molar-refractivity contribution in [3.05, 3.63) is 23.2 Å². The maximum absolute atomic E-state index is 12.9. The van der Waals surface area contributed by atoms with Crippen molar-refractivity contribution in [3.63, 3.8) is 0 Å². The van der Waals surface area contributed by atoms with Crippen molar-refractivity contribution in [2.24, 2.45) is 0 Å². The van der Waals surface area contributed by atoms with E-state index < -0.39 is 0 Å². The third-order valence-corrected chi connectivity index (χ3v) is 5.33. The zero-order valence-corrected chi connectivity index (χ0v) is 13.2. The molecule has 1 amide bonds. The van der Waals surface area contributed by atoms with Gasteiger partial charge in [-0.15, -0.1) is 11.3 Å². The minimum absolute atomic E-state index is 0.0913. The molecule has 21 heavy (non-hydrogen) atoms. The topological polar surface area (TPSA) is 59.2 Å². The summed E-state index contributed by atoms with van der Waals surface area (Å²) in [5, 5.41) is 0.898. The first-order chi connectivity index (χ1) is 10.2. The molecule has 2 aromatic rings. The fraction of sp³-hybridized carbons (Fsp3) is 0.500. The van der Waals surface area contributed by atoms with Crippen molar-refractivity contribution in [1.29, 1.82) is 0 Å². The van der Waals surface area contributed by atoms with Crippen LogP contribution in [0.3, 0.4) is 0 Å². The smallest absolute Gasteiger partial charge is 0.266 e. The molecule has 1 aliphatic heterocycles. The Morgan fingerprint density at radius 1 is 1.52 bits per heavy atom. The Balaban J connectivity index is 1.93. The van der Waals surface area contributed by atoms with Crippen LogP contribution in [0.1, 0.15) is 48.7 Å². The largest absolute Gasteiger partial charge is 0.397 e. The van der Waals surface area contributed by atoms with Crippen molar-refractivity contribution in [2.75, 3.05) is 12.3 Å². The zero-order chi connectivity index (χ0) is 14.8. The first-order valence-corrected chi connectivity index (χ1v) is 8.48. The number of piperidine rings is 1. The number of carbonyl (C=O) groups excluding carboxylic acids is 1. The summed E-state index contributed by atoms with van der Waals surface area (Å²) in [4.78, 5) is 20.8. The highest BCUT2D eigenvalue weighted by atomic mass is 32.1. The Morgan fingerprint density at radius 2 is 2.38 bits per heavy atom. The molecule has 1 saturated heterocycles. The van der Waals surface area contributed by atoms with Crippen LogP contribution in [0.4, 0.5) is 5.69 Å². The molecule has 4 nitrogen and oxygen atoms in total. The lowest BCUT2D eigenvalue weighted by Crippen LogP contribution is -2.43. The van der Waals surface area contributed by atoms with Crippen LogP contribution in [-0.2, 0) is 0 Å². The van der Waals surface area contributed by atoms with E-state index in [0.717, 1.165) is 42.4 Å². The third kappa shape index (κ3) is 2.62. The van der Waals surface area contributed by atoms with Gasteiger partial charge in [-0.2, -0.15) is 0 Å². The van der Waals surface area contributed by atoms with Gasteiger partial charge in [-0.1, -0.05) is 13.3 Å². The molecule has 0 radical (unpaired) electrons. The highest BCUT2D eigenvalue weighted by Gasteiger charge is 2.29. The molecule has 3 heterocycles. The van der Waals surface area contributed by atoms with Gasteiger partial charge in [-0.05, 0) is 37.8 Å². The van der Waals surface area contributed by atoms with Crippen molar-refractivity contribution < 1.29 is 4.79 Å². The number of amides is 1. The van der Waals surface area contributed by atoms with Crippen LogP contribution in [0.15, 0.2) is 18.3 Å². The third-order valence-electron chi connectivity index (χ3n) is 4.21. The maximum Gasteiger partial charge on any atom is 0.266 e. The molecule has 0 bridgehead atoms. The predicted molar refractivity (Wildman–Crippen MR) is 87.6 cm³/mol. The van der Waals surface area contributed by atoms with Gasteiger partial charge in [0, 0.05) is 24.2 Å². The van der Waals surface area contributed by atoms with Gasteiger partial charge in [0.25, 0.3) is 5.91 Å². The number of nitrogens with zero attached hydrogens (tertiary/aromatic N) is 2. The number of thiophene rings is 1. The van der Waals surface area contributed by atoms with Gasteiger partial charge >= 0.3 is 0 Å². The lowest BCUT2D eigenvalue weighted by molar-refractivity contribution is 0.0607. The van der Waals surface area contributed by atoms with E-state index in [9.17, 15) is 4.79 Å². The Hall–Kier alpha value is -1.62. The number of aromatic nitrogens is 1. The SMILES string of the molecule is CCCC1CCCCN1C(=O)c1sc2ncccc2c1N. The van der Waals surface area contributed by atoms with E-state index in [4.69, 9.17) is 5.73 Å². The minimum atomic E-state index is 0.0913. The maximum atomic E-state index is 12.9. The number of hydrogen-bond donors (Lipinski definition) is 1. The van der Waals surface area contributed by atoms with Crippen LogP contribution in [0.5, 0.6) is 0 Å². The number of likely N-dealkylation sites (tertiary alicyclic amines) is 1. The second kappa shape index (κ2) is 6.02. The van der Waals surface area contributed by atoms with E-state index in [2.05, 4.69) is 11.9 Å². The number of nitrogen functional groups attached to an aromatic ring is 1. The molecule has 0 spiro atoms. The molecular formula is C16H21N3OS. The van der Waals surface area contributed by atoms with E-state index in [-0.39, 0.29) is 5.91 Å².